The maximum atomic E-state index is 10.4. The van der Waals surface area contributed by atoms with Gasteiger partial charge in [0.25, 0.3) is 0 Å². The first kappa shape index (κ1) is 12.3. The second kappa shape index (κ2) is 5.92. The Labute approximate surface area is 96.6 Å². The molecule has 0 saturated carbocycles. The summed E-state index contributed by atoms with van der Waals surface area (Å²) in [5.41, 5.74) is 0.388. The molecule has 0 bridgehead atoms. The largest absolute Gasteiger partial charge is 0.465 e. The molecule has 1 amide bonds. The first-order chi connectivity index (χ1) is 7.63. The summed E-state index contributed by atoms with van der Waals surface area (Å²) in [4.78, 5) is 24.5. The number of hydrogen-bond donors (Lipinski definition) is 3. The lowest BCUT2D eigenvalue weighted by Gasteiger charge is -2.07. The Morgan fingerprint density at radius 2 is 2.31 bits per heavy atom. The summed E-state index contributed by atoms with van der Waals surface area (Å²) >= 11 is 5.83. The number of nitrogens with one attached hydrogen (secondary N) is 2. The zero-order valence-electron chi connectivity index (χ0n) is 8.24. The molecule has 0 fully saturated rings. The van der Waals surface area contributed by atoms with E-state index in [0.29, 0.717) is 29.2 Å². The molecule has 1 heterocycles. The Morgan fingerprint density at radius 1 is 1.56 bits per heavy atom. The first-order valence-corrected chi connectivity index (χ1v) is 4.82. The third-order valence-electron chi connectivity index (χ3n) is 1.69. The minimum atomic E-state index is -1.09. The number of anilines is 1. The molecule has 0 radical (unpaired) electrons. The highest BCUT2D eigenvalue weighted by Crippen LogP contribution is 2.18. The minimum Gasteiger partial charge on any atom is -0.465 e. The van der Waals surface area contributed by atoms with Gasteiger partial charge in [-0.15, -0.1) is 0 Å². The third kappa shape index (κ3) is 3.74. The number of carboxylic acid groups (broad SMARTS) is 1. The first-order valence-electron chi connectivity index (χ1n) is 4.45. The molecule has 0 aliphatic heterocycles. The lowest BCUT2D eigenvalue weighted by molar-refractivity contribution is 0.112. The average Bonchev–Trinajstić information content (AvgIpc) is 2.25. The summed E-state index contributed by atoms with van der Waals surface area (Å²) < 4.78 is 0. The van der Waals surface area contributed by atoms with E-state index in [-0.39, 0.29) is 6.54 Å². The summed E-state index contributed by atoms with van der Waals surface area (Å²) in [5, 5.41) is 13.7. The third-order valence-corrected chi connectivity index (χ3v) is 1.98. The van der Waals surface area contributed by atoms with Crippen LogP contribution in [-0.4, -0.2) is 35.6 Å². The molecule has 7 heteroatoms. The van der Waals surface area contributed by atoms with Gasteiger partial charge >= 0.3 is 6.09 Å². The lowest BCUT2D eigenvalue weighted by atomic mass is 10.3. The van der Waals surface area contributed by atoms with E-state index >= 15 is 0 Å². The maximum Gasteiger partial charge on any atom is 0.404 e. The van der Waals surface area contributed by atoms with Crippen LogP contribution in [-0.2, 0) is 0 Å². The van der Waals surface area contributed by atoms with Crippen LogP contribution >= 0.6 is 11.6 Å². The number of aldehydes is 1. The smallest absolute Gasteiger partial charge is 0.404 e. The van der Waals surface area contributed by atoms with Crippen molar-refractivity contribution < 1.29 is 14.7 Å². The van der Waals surface area contributed by atoms with Gasteiger partial charge < -0.3 is 15.7 Å². The Hall–Kier alpha value is -1.82. The second-order valence-electron chi connectivity index (χ2n) is 2.88. The van der Waals surface area contributed by atoms with Gasteiger partial charge in [-0.3, -0.25) is 4.79 Å². The van der Waals surface area contributed by atoms with E-state index < -0.39 is 6.09 Å². The van der Waals surface area contributed by atoms with Crippen LogP contribution in [0.25, 0.3) is 0 Å². The number of amides is 1. The molecule has 16 heavy (non-hydrogen) atoms. The van der Waals surface area contributed by atoms with Gasteiger partial charge in [0.05, 0.1) is 5.02 Å². The number of aromatic nitrogens is 1. The molecule has 86 valence electrons. The quantitative estimate of drug-likeness (QED) is 0.534. The number of nitrogens with zero attached hydrogens (tertiary/aromatic N) is 1. The summed E-state index contributed by atoms with van der Waals surface area (Å²) in [6, 6.07) is 1.48. The second-order valence-corrected chi connectivity index (χ2v) is 3.28. The summed E-state index contributed by atoms with van der Waals surface area (Å²) in [7, 11) is 0. The SMILES string of the molecule is O=Cc1cnc(NCCNC(=O)O)c(Cl)c1. The zero-order valence-corrected chi connectivity index (χ0v) is 8.99. The monoisotopic (exact) mass is 243 g/mol. The molecule has 1 rings (SSSR count). The van der Waals surface area contributed by atoms with Crippen LogP contribution < -0.4 is 10.6 Å². The molecule has 0 spiro atoms. The van der Waals surface area contributed by atoms with Gasteiger partial charge in [0.15, 0.2) is 6.29 Å². The van der Waals surface area contributed by atoms with Crippen molar-refractivity contribution in [3.05, 3.63) is 22.8 Å². The van der Waals surface area contributed by atoms with Gasteiger partial charge in [-0.2, -0.15) is 0 Å². The summed E-state index contributed by atoms with van der Waals surface area (Å²) in [6.07, 6.45) is 0.942. The Balaban J connectivity index is 2.48. The van der Waals surface area contributed by atoms with Crippen molar-refractivity contribution in [3.63, 3.8) is 0 Å². The van der Waals surface area contributed by atoms with Crippen molar-refractivity contribution >= 4 is 29.8 Å². The average molecular weight is 244 g/mol. The molecule has 1 aromatic heterocycles. The predicted octanol–water partition coefficient (Wildman–Crippen LogP) is 1.23. The molecule has 0 unspecified atom stereocenters. The molecule has 0 aliphatic carbocycles. The lowest BCUT2D eigenvalue weighted by Crippen LogP contribution is -2.27. The Kier molecular flexibility index (Phi) is 4.53. The Morgan fingerprint density at radius 3 is 2.88 bits per heavy atom. The van der Waals surface area contributed by atoms with E-state index in [4.69, 9.17) is 16.7 Å². The van der Waals surface area contributed by atoms with E-state index in [1.54, 1.807) is 0 Å². The van der Waals surface area contributed by atoms with Crippen molar-refractivity contribution in [3.8, 4) is 0 Å². The molecule has 1 aromatic rings. The van der Waals surface area contributed by atoms with Gasteiger partial charge in [-0.1, -0.05) is 11.6 Å². The molecule has 0 aromatic carbocycles. The molecular weight excluding hydrogens is 234 g/mol. The number of halogens is 1. The van der Waals surface area contributed by atoms with Crippen LogP contribution in [0.15, 0.2) is 12.3 Å². The molecule has 6 nitrogen and oxygen atoms in total. The van der Waals surface area contributed by atoms with Crippen LogP contribution in [0.1, 0.15) is 10.4 Å². The number of hydrogen-bond acceptors (Lipinski definition) is 4. The fraction of sp³-hybridized carbons (Fsp3) is 0.222. The van der Waals surface area contributed by atoms with Crippen molar-refractivity contribution in [2.24, 2.45) is 0 Å². The highest BCUT2D eigenvalue weighted by Gasteiger charge is 2.02. The normalized spacial score (nSPS) is 9.56. The van der Waals surface area contributed by atoms with Gasteiger partial charge in [-0.25, -0.2) is 9.78 Å². The van der Waals surface area contributed by atoms with E-state index in [1.807, 2.05) is 0 Å². The van der Waals surface area contributed by atoms with Crippen molar-refractivity contribution in [2.45, 2.75) is 0 Å². The van der Waals surface area contributed by atoms with Crippen LogP contribution in [0.4, 0.5) is 10.6 Å². The van der Waals surface area contributed by atoms with Gasteiger partial charge in [0.2, 0.25) is 0 Å². The molecule has 0 aliphatic rings. The van der Waals surface area contributed by atoms with Crippen molar-refractivity contribution in [1.29, 1.82) is 0 Å². The highest BCUT2D eigenvalue weighted by atomic mass is 35.5. The van der Waals surface area contributed by atoms with Crippen LogP contribution in [0, 0.1) is 0 Å². The van der Waals surface area contributed by atoms with Crippen LogP contribution in [0.5, 0.6) is 0 Å². The molecular formula is C9H10ClN3O3. The van der Waals surface area contributed by atoms with Crippen molar-refractivity contribution in [1.82, 2.24) is 10.3 Å². The minimum absolute atomic E-state index is 0.239. The number of rotatable bonds is 5. The van der Waals surface area contributed by atoms with Gasteiger partial charge in [0, 0.05) is 24.8 Å². The number of pyridine rings is 1. The van der Waals surface area contributed by atoms with Crippen molar-refractivity contribution in [2.75, 3.05) is 18.4 Å². The topological polar surface area (TPSA) is 91.3 Å². The standard InChI is InChI=1S/C9H10ClN3O3/c10-7-3-6(5-14)4-13-8(7)11-1-2-12-9(15)16/h3-5,12H,1-2H2,(H,11,13)(H,15,16). The molecule has 0 atom stereocenters. The zero-order chi connectivity index (χ0) is 12.0. The van der Waals surface area contributed by atoms with E-state index in [1.165, 1.54) is 12.3 Å². The highest BCUT2D eigenvalue weighted by molar-refractivity contribution is 6.33. The number of carbonyl (C=O) groups is 2. The predicted molar refractivity (Wildman–Crippen MR) is 59.2 cm³/mol. The Bertz CT molecular complexity index is 398. The maximum absolute atomic E-state index is 10.4. The number of carbonyl (C=O) groups excluding carboxylic acids is 1. The van der Waals surface area contributed by atoms with Gasteiger partial charge in [0.1, 0.15) is 5.82 Å². The van der Waals surface area contributed by atoms with E-state index in [0.717, 1.165) is 0 Å². The van der Waals surface area contributed by atoms with Crippen LogP contribution in [0.2, 0.25) is 5.02 Å². The van der Waals surface area contributed by atoms with E-state index in [9.17, 15) is 9.59 Å². The van der Waals surface area contributed by atoms with E-state index in [2.05, 4.69) is 15.6 Å². The summed E-state index contributed by atoms with van der Waals surface area (Å²) in [5.74, 6) is 0.416. The summed E-state index contributed by atoms with van der Waals surface area (Å²) in [6.45, 7) is 0.599. The fourth-order valence-corrected chi connectivity index (χ4v) is 1.24. The van der Waals surface area contributed by atoms with Gasteiger partial charge in [-0.05, 0) is 6.07 Å². The molecule has 3 N–H and O–H groups in total. The molecule has 0 saturated heterocycles. The fourth-order valence-electron chi connectivity index (χ4n) is 0.998. The van der Waals surface area contributed by atoms with Crippen LogP contribution in [0.3, 0.4) is 0 Å².